The van der Waals surface area contributed by atoms with E-state index in [2.05, 4.69) is 13.8 Å². The summed E-state index contributed by atoms with van der Waals surface area (Å²) in [5.41, 5.74) is 3.32. The second kappa shape index (κ2) is 10.2. The van der Waals surface area contributed by atoms with Gasteiger partial charge in [-0.05, 0) is 49.8 Å². The summed E-state index contributed by atoms with van der Waals surface area (Å²) in [5, 5.41) is 0. The number of carbonyl (C=O) groups is 2. The van der Waals surface area contributed by atoms with Gasteiger partial charge in [-0.2, -0.15) is 0 Å². The summed E-state index contributed by atoms with van der Waals surface area (Å²) >= 11 is 0. The van der Waals surface area contributed by atoms with Crippen LogP contribution in [0.1, 0.15) is 92.8 Å². The molecule has 2 aromatic carbocycles. The highest BCUT2D eigenvalue weighted by Crippen LogP contribution is 2.23. The van der Waals surface area contributed by atoms with Crippen molar-refractivity contribution in [3.63, 3.8) is 0 Å². The Balaban J connectivity index is 2.16. The summed E-state index contributed by atoms with van der Waals surface area (Å²) in [4.78, 5) is 25.2. The van der Waals surface area contributed by atoms with E-state index in [1.807, 2.05) is 57.2 Å². The molecule has 0 radical (unpaired) electrons. The van der Waals surface area contributed by atoms with Crippen LogP contribution in [0, 0.1) is 0 Å². The van der Waals surface area contributed by atoms with Crippen LogP contribution in [0.25, 0.3) is 0 Å². The van der Waals surface area contributed by atoms with Gasteiger partial charge in [-0.25, -0.2) is 0 Å². The van der Waals surface area contributed by atoms with Crippen LogP contribution >= 0.6 is 0 Å². The first-order valence-corrected chi connectivity index (χ1v) is 10.3. The molecule has 0 bridgehead atoms. The zero-order valence-electron chi connectivity index (χ0n) is 17.7. The maximum atomic E-state index is 12.9. The third-order valence-corrected chi connectivity index (χ3v) is 5.36. The minimum Gasteiger partial charge on any atom is -0.462 e. The lowest BCUT2D eigenvalue weighted by molar-refractivity contribution is -0.149. The second-order valence-corrected chi connectivity index (χ2v) is 7.64. The molecular formula is C25H32O3. The molecule has 3 atom stereocenters. The number of hydrogen-bond donors (Lipinski definition) is 0. The molecular weight excluding hydrogens is 348 g/mol. The van der Waals surface area contributed by atoms with Crippen molar-refractivity contribution < 1.29 is 14.3 Å². The lowest BCUT2D eigenvalue weighted by atomic mass is 9.93. The summed E-state index contributed by atoms with van der Waals surface area (Å²) in [5.74, 6) is -0.193. The normalized spacial score (nSPS) is 14.2. The van der Waals surface area contributed by atoms with Gasteiger partial charge in [0.2, 0.25) is 0 Å². The molecule has 0 saturated heterocycles. The molecule has 0 aliphatic rings. The molecule has 0 spiro atoms. The summed E-state index contributed by atoms with van der Waals surface area (Å²) in [7, 11) is 0. The molecule has 28 heavy (non-hydrogen) atoms. The molecule has 150 valence electrons. The minimum atomic E-state index is -0.404. The molecule has 0 amide bonds. The Hall–Kier alpha value is -2.42. The van der Waals surface area contributed by atoms with Crippen molar-refractivity contribution in [1.82, 2.24) is 0 Å². The monoisotopic (exact) mass is 380 g/mol. The zero-order valence-corrected chi connectivity index (χ0v) is 17.7. The Morgan fingerprint density at radius 1 is 0.893 bits per heavy atom. The fourth-order valence-electron chi connectivity index (χ4n) is 3.20. The topological polar surface area (TPSA) is 43.4 Å². The molecule has 0 aromatic heterocycles. The Kier molecular flexibility index (Phi) is 7.98. The highest BCUT2D eigenvalue weighted by atomic mass is 16.5. The summed E-state index contributed by atoms with van der Waals surface area (Å²) in [6, 6.07) is 15.2. The van der Waals surface area contributed by atoms with Crippen LogP contribution in [0.3, 0.4) is 0 Å². The van der Waals surface area contributed by atoms with E-state index < -0.39 is 5.92 Å². The number of ether oxygens (including phenoxy) is 1. The maximum Gasteiger partial charge on any atom is 0.313 e. The highest BCUT2D eigenvalue weighted by molar-refractivity contribution is 6.09. The van der Waals surface area contributed by atoms with E-state index in [4.69, 9.17) is 4.74 Å². The number of benzene rings is 2. The van der Waals surface area contributed by atoms with Gasteiger partial charge >= 0.3 is 5.97 Å². The van der Waals surface area contributed by atoms with Gasteiger partial charge < -0.3 is 4.74 Å². The number of hydrogen-bond acceptors (Lipinski definition) is 3. The predicted molar refractivity (Wildman–Crippen MR) is 114 cm³/mol. The third-order valence-electron chi connectivity index (χ3n) is 5.36. The molecule has 3 nitrogen and oxygen atoms in total. The van der Waals surface area contributed by atoms with Crippen molar-refractivity contribution in [3.8, 4) is 0 Å². The number of esters is 1. The first-order valence-electron chi connectivity index (χ1n) is 10.3. The van der Waals surface area contributed by atoms with Crippen molar-refractivity contribution in [2.45, 2.75) is 71.8 Å². The van der Waals surface area contributed by atoms with Crippen LogP contribution in [-0.2, 0) is 9.53 Å². The third kappa shape index (κ3) is 5.54. The fourth-order valence-corrected chi connectivity index (χ4v) is 3.20. The van der Waals surface area contributed by atoms with Crippen molar-refractivity contribution in [2.75, 3.05) is 0 Å². The Morgan fingerprint density at radius 2 is 1.57 bits per heavy atom. The zero-order chi connectivity index (χ0) is 20.7. The van der Waals surface area contributed by atoms with Gasteiger partial charge in [-0.15, -0.1) is 0 Å². The van der Waals surface area contributed by atoms with Crippen LogP contribution in [0.4, 0.5) is 0 Å². The molecule has 0 aliphatic heterocycles. The van der Waals surface area contributed by atoms with Gasteiger partial charge in [0.1, 0.15) is 0 Å². The number of carbonyl (C=O) groups excluding carboxylic acids is 2. The second-order valence-electron chi connectivity index (χ2n) is 7.64. The van der Waals surface area contributed by atoms with Gasteiger partial charge in [0.25, 0.3) is 0 Å². The fraction of sp³-hybridized carbons (Fsp3) is 0.440. The standard InChI is InChI=1S/C25H32O3/c1-6-9-17(3)20-12-14-21(15-13-20)24(26)23-11-8-10-22(16-23)19(5)25(27)28-18(4)7-2/h8,10-19H,6-7,9H2,1-5H3. The number of rotatable bonds is 9. The smallest absolute Gasteiger partial charge is 0.313 e. The van der Waals surface area contributed by atoms with Crippen LogP contribution in [-0.4, -0.2) is 17.9 Å². The van der Waals surface area contributed by atoms with Gasteiger partial charge in [-0.3, -0.25) is 9.59 Å². The molecule has 3 heteroatoms. The minimum absolute atomic E-state index is 0.0287. The molecule has 0 fully saturated rings. The first kappa shape index (κ1) is 21.9. The maximum absolute atomic E-state index is 12.9. The number of ketones is 1. The predicted octanol–water partition coefficient (Wildman–Crippen LogP) is 6.27. The van der Waals surface area contributed by atoms with Crippen molar-refractivity contribution in [3.05, 3.63) is 70.8 Å². The van der Waals surface area contributed by atoms with Gasteiger partial charge in [0.15, 0.2) is 5.78 Å². The highest BCUT2D eigenvalue weighted by Gasteiger charge is 2.20. The average molecular weight is 381 g/mol. The Labute approximate surface area is 169 Å². The van der Waals surface area contributed by atoms with E-state index in [0.717, 1.165) is 24.8 Å². The van der Waals surface area contributed by atoms with Crippen molar-refractivity contribution >= 4 is 11.8 Å². The quantitative estimate of drug-likeness (QED) is 0.380. The lowest BCUT2D eigenvalue weighted by Crippen LogP contribution is -2.19. The van der Waals surface area contributed by atoms with Crippen LogP contribution < -0.4 is 0 Å². The van der Waals surface area contributed by atoms with E-state index >= 15 is 0 Å². The van der Waals surface area contributed by atoms with Gasteiger partial charge in [-0.1, -0.05) is 69.7 Å². The van der Waals surface area contributed by atoms with Crippen molar-refractivity contribution in [1.29, 1.82) is 0 Å². The van der Waals surface area contributed by atoms with Crippen LogP contribution in [0.5, 0.6) is 0 Å². The molecule has 0 heterocycles. The van der Waals surface area contributed by atoms with E-state index in [1.165, 1.54) is 5.56 Å². The van der Waals surface area contributed by atoms with E-state index in [0.29, 0.717) is 17.0 Å². The molecule has 3 unspecified atom stereocenters. The summed E-state index contributed by atoms with van der Waals surface area (Å²) in [6.07, 6.45) is 2.96. The van der Waals surface area contributed by atoms with E-state index in [1.54, 1.807) is 12.1 Å². The van der Waals surface area contributed by atoms with Gasteiger partial charge in [0, 0.05) is 11.1 Å². The van der Waals surface area contributed by atoms with Crippen LogP contribution in [0.2, 0.25) is 0 Å². The SMILES string of the molecule is CCCC(C)c1ccc(C(=O)c2cccc(C(C)C(=O)OC(C)CC)c2)cc1. The average Bonchev–Trinajstić information content (AvgIpc) is 2.72. The molecule has 2 aromatic rings. The lowest BCUT2D eigenvalue weighted by Gasteiger charge is -2.16. The summed E-state index contributed by atoms with van der Waals surface area (Å²) < 4.78 is 5.43. The van der Waals surface area contributed by atoms with Gasteiger partial charge in [0.05, 0.1) is 12.0 Å². The Morgan fingerprint density at radius 3 is 2.18 bits per heavy atom. The molecule has 0 aliphatic carbocycles. The van der Waals surface area contributed by atoms with E-state index in [9.17, 15) is 9.59 Å². The Bertz CT molecular complexity index is 792. The molecule has 0 N–H and O–H groups in total. The van der Waals surface area contributed by atoms with Crippen molar-refractivity contribution in [2.24, 2.45) is 0 Å². The first-order chi connectivity index (χ1) is 13.4. The molecule has 0 saturated carbocycles. The summed E-state index contributed by atoms with van der Waals surface area (Å²) in [6.45, 7) is 10.1. The largest absolute Gasteiger partial charge is 0.462 e. The molecule has 2 rings (SSSR count). The van der Waals surface area contributed by atoms with Crippen LogP contribution in [0.15, 0.2) is 48.5 Å². The van der Waals surface area contributed by atoms with E-state index in [-0.39, 0.29) is 17.9 Å².